The van der Waals surface area contributed by atoms with E-state index in [1.807, 2.05) is 6.92 Å². The summed E-state index contributed by atoms with van der Waals surface area (Å²) in [5.41, 5.74) is 0. The van der Waals surface area contributed by atoms with Gasteiger partial charge in [-0.25, -0.2) is 8.78 Å². The normalized spacial score (nSPS) is 14.6. The zero-order valence-electron chi connectivity index (χ0n) is 6.89. The molecule has 0 amide bonds. The van der Waals surface area contributed by atoms with Gasteiger partial charge in [0.25, 0.3) is 0 Å². The molecule has 0 aliphatic heterocycles. The van der Waals surface area contributed by atoms with Crippen molar-refractivity contribution >= 4 is 0 Å². The molecule has 1 atom stereocenters. The molecule has 0 N–H and O–H groups in total. The van der Waals surface area contributed by atoms with E-state index in [4.69, 9.17) is 4.74 Å². The van der Waals surface area contributed by atoms with Gasteiger partial charge in [0.1, 0.15) is 0 Å². The molecule has 0 spiro atoms. The van der Waals surface area contributed by atoms with Crippen molar-refractivity contribution in [3.63, 3.8) is 0 Å². The summed E-state index contributed by atoms with van der Waals surface area (Å²) in [4.78, 5) is 0. The van der Waals surface area contributed by atoms with Gasteiger partial charge in [-0.3, -0.25) is 0 Å². The Morgan fingerprint density at radius 2 is 2.00 bits per heavy atom. The van der Waals surface area contributed by atoms with E-state index in [-0.39, 0.29) is 12.5 Å². The average molecular weight is 164 g/mol. The third-order valence-corrected chi connectivity index (χ3v) is 1.38. The van der Waals surface area contributed by atoms with Crippen molar-refractivity contribution in [1.29, 1.82) is 0 Å². The van der Waals surface area contributed by atoms with Crippen LogP contribution < -0.4 is 0 Å². The van der Waals surface area contributed by atoms with Crippen LogP contribution in [0.2, 0.25) is 0 Å². The first-order chi connectivity index (χ1) is 5.20. The van der Waals surface area contributed by atoms with Crippen LogP contribution in [0.3, 0.4) is 0 Å². The van der Waals surface area contributed by atoms with Gasteiger partial charge in [-0.1, -0.05) is 12.2 Å². The van der Waals surface area contributed by atoms with E-state index < -0.39 is 6.43 Å². The zero-order chi connectivity index (χ0) is 8.69. The highest BCUT2D eigenvalue weighted by molar-refractivity contribution is 4.86. The number of halogens is 2. The first-order valence-electron chi connectivity index (χ1n) is 3.64. The molecule has 0 aromatic rings. The monoisotopic (exact) mass is 164 g/mol. The van der Waals surface area contributed by atoms with Gasteiger partial charge >= 0.3 is 0 Å². The van der Waals surface area contributed by atoms with E-state index in [0.717, 1.165) is 0 Å². The lowest BCUT2D eigenvalue weighted by Gasteiger charge is -2.09. The topological polar surface area (TPSA) is 9.23 Å². The Morgan fingerprint density at radius 1 is 1.36 bits per heavy atom. The van der Waals surface area contributed by atoms with Gasteiger partial charge in [-0.15, -0.1) is 0 Å². The molecule has 3 heteroatoms. The standard InChI is InChI=1S/C8H14F2O/c1-3-4-7(11-2)5-6-8(9)10/h3-4,7-8H,5-6H2,1-2H3/b4-3-. The molecule has 0 rings (SSSR count). The SMILES string of the molecule is C/C=C\C(CCC(F)F)OC. The maximum atomic E-state index is 11.7. The van der Waals surface area contributed by atoms with Gasteiger partial charge < -0.3 is 4.74 Å². The van der Waals surface area contributed by atoms with Gasteiger partial charge in [0.2, 0.25) is 6.43 Å². The average Bonchev–Trinajstić information content (AvgIpc) is 1.97. The second-order valence-corrected chi connectivity index (χ2v) is 2.27. The van der Waals surface area contributed by atoms with Crippen molar-refractivity contribution in [2.24, 2.45) is 0 Å². The minimum absolute atomic E-state index is 0.0944. The maximum Gasteiger partial charge on any atom is 0.238 e. The fraction of sp³-hybridized carbons (Fsp3) is 0.750. The van der Waals surface area contributed by atoms with E-state index in [1.165, 1.54) is 7.11 Å². The zero-order valence-corrected chi connectivity index (χ0v) is 6.89. The lowest BCUT2D eigenvalue weighted by Crippen LogP contribution is -2.08. The number of rotatable bonds is 5. The van der Waals surface area contributed by atoms with Gasteiger partial charge in [-0.2, -0.15) is 0 Å². The number of hydrogen-bond donors (Lipinski definition) is 0. The van der Waals surface area contributed by atoms with Crippen LogP contribution in [0.4, 0.5) is 8.78 Å². The van der Waals surface area contributed by atoms with Gasteiger partial charge in [0.15, 0.2) is 0 Å². The molecule has 0 saturated carbocycles. The Balaban J connectivity index is 3.52. The van der Waals surface area contributed by atoms with Crippen LogP contribution in [-0.4, -0.2) is 19.6 Å². The van der Waals surface area contributed by atoms with E-state index >= 15 is 0 Å². The minimum atomic E-state index is -2.22. The van der Waals surface area contributed by atoms with Crippen LogP contribution in [0.15, 0.2) is 12.2 Å². The third-order valence-electron chi connectivity index (χ3n) is 1.38. The van der Waals surface area contributed by atoms with E-state index in [1.54, 1.807) is 12.2 Å². The second kappa shape index (κ2) is 6.28. The molecule has 0 fully saturated rings. The molecule has 11 heavy (non-hydrogen) atoms. The van der Waals surface area contributed by atoms with Crippen LogP contribution in [0.25, 0.3) is 0 Å². The largest absolute Gasteiger partial charge is 0.377 e. The molecule has 0 aliphatic rings. The summed E-state index contributed by atoms with van der Waals surface area (Å²) in [6, 6.07) is 0. The maximum absolute atomic E-state index is 11.7. The molecular formula is C8H14F2O. The highest BCUT2D eigenvalue weighted by Crippen LogP contribution is 2.08. The second-order valence-electron chi connectivity index (χ2n) is 2.27. The number of methoxy groups -OCH3 is 1. The fourth-order valence-corrected chi connectivity index (χ4v) is 0.798. The Bertz CT molecular complexity index is 113. The van der Waals surface area contributed by atoms with Crippen molar-refractivity contribution in [2.75, 3.05) is 7.11 Å². The molecule has 1 nitrogen and oxygen atoms in total. The Kier molecular flexibility index (Phi) is 6.03. The number of alkyl halides is 2. The molecule has 1 unspecified atom stereocenters. The summed E-state index contributed by atoms with van der Waals surface area (Å²) in [7, 11) is 1.52. The molecule has 0 aliphatic carbocycles. The van der Waals surface area contributed by atoms with Crippen LogP contribution in [-0.2, 0) is 4.74 Å². The van der Waals surface area contributed by atoms with E-state index in [2.05, 4.69) is 0 Å². The Labute approximate surface area is 66.0 Å². The van der Waals surface area contributed by atoms with Crippen LogP contribution in [0.5, 0.6) is 0 Å². The predicted molar refractivity (Wildman–Crippen MR) is 40.8 cm³/mol. The minimum Gasteiger partial charge on any atom is -0.377 e. The first-order valence-corrected chi connectivity index (χ1v) is 3.64. The molecule has 0 heterocycles. The smallest absolute Gasteiger partial charge is 0.238 e. The Hall–Kier alpha value is -0.440. The molecule has 0 saturated heterocycles. The van der Waals surface area contributed by atoms with Crippen LogP contribution in [0, 0.1) is 0 Å². The van der Waals surface area contributed by atoms with E-state index in [0.29, 0.717) is 6.42 Å². The summed E-state index contributed by atoms with van der Waals surface area (Å²) in [6.45, 7) is 1.84. The van der Waals surface area contributed by atoms with Gasteiger partial charge in [0, 0.05) is 13.5 Å². The molecule has 0 radical (unpaired) electrons. The fourth-order valence-electron chi connectivity index (χ4n) is 0.798. The molecular weight excluding hydrogens is 150 g/mol. The molecule has 66 valence electrons. The first kappa shape index (κ1) is 10.6. The number of ether oxygens (including phenoxy) is 1. The van der Waals surface area contributed by atoms with Crippen molar-refractivity contribution in [3.8, 4) is 0 Å². The Morgan fingerprint density at radius 3 is 2.36 bits per heavy atom. The highest BCUT2D eigenvalue weighted by Gasteiger charge is 2.07. The van der Waals surface area contributed by atoms with Crippen molar-refractivity contribution in [3.05, 3.63) is 12.2 Å². The lowest BCUT2D eigenvalue weighted by atomic mass is 10.2. The van der Waals surface area contributed by atoms with E-state index in [9.17, 15) is 8.78 Å². The summed E-state index contributed by atoms with van der Waals surface area (Å²) >= 11 is 0. The predicted octanol–water partition coefficient (Wildman–Crippen LogP) is 2.62. The van der Waals surface area contributed by atoms with Crippen LogP contribution in [0.1, 0.15) is 19.8 Å². The van der Waals surface area contributed by atoms with Crippen LogP contribution >= 0.6 is 0 Å². The quantitative estimate of drug-likeness (QED) is 0.567. The lowest BCUT2D eigenvalue weighted by molar-refractivity contribution is 0.0880. The molecule has 0 bridgehead atoms. The van der Waals surface area contributed by atoms with Crippen molar-refractivity contribution < 1.29 is 13.5 Å². The summed E-state index contributed by atoms with van der Waals surface area (Å²) in [6.07, 6.45) is 1.50. The molecule has 0 aromatic carbocycles. The van der Waals surface area contributed by atoms with Crippen molar-refractivity contribution in [1.82, 2.24) is 0 Å². The van der Waals surface area contributed by atoms with Crippen molar-refractivity contribution in [2.45, 2.75) is 32.3 Å². The summed E-state index contributed by atoms with van der Waals surface area (Å²) in [5, 5.41) is 0. The van der Waals surface area contributed by atoms with Gasteiger partial charge in [-0.05, 0) is 13.3 Å². The number of hydrogen-bond acceptors (Lipinski definition) is 1. The summed E-state index contributed by atoms with van der Waals surface area (Å²) in [5.74, 6) is 0. The third kappa shape index (κ3) is 5.98. The molecule has 0 aromatic heterocycles. The summed E-state index contributed by atoms with van der Waals surface area (Å²) < 4.78 is 28.3. The highest BCUT2D eigenvalue weighted by atomic mass is 19.3. The number of allylic oxidation sites excluding steroid dienone is 1. The van der Waals surface area contributed by atoms with Gasteiger partial charge in [0.05, 0.1) is 6.10 Å².